The number of H-pyrrole nitrogens is 1. The number of aryl methyl sites for hydroxylation is 1. The maximum atomic E-state index is 13.7. The highest BCUT2D eigenvalue weighted by Gasteiger charge is 2.39. The Morgan fingerprint density at radius 2 is 1.83 bits per heavy atom. The van der Waals surface area contributed by atoms with Crippen molar-refractivity contribution in [3.8, 4) is 17.0 Å². The molecule has 0 aliphatic carbocycles. The van der Waals surface area contributed by atoms with E-state index in [-0.39, 0.29) is 17.5 Å². The first-order valence-electron chi connectivity index (χ1n) is 10.1. The minimum atomic E-state index is -4.88. The van der Waals surface area contributed by atoms with Gasteiger partial charge < -0.3 is 10.4 Å². The number of rotatable bonds is 4. The van der Waals surface area contributed by atoms with Crippen LogP contribution >= 0.6 is 0 Å². The first-order chi connectivity index (χ1) is 17.0. The molecule has 0 aliphatic heterocycles. The van der Waals surface area contributed by atoms with Crippen LogP contribution in [0.1, 0.15) is 16.1 Å². The number of aromatic hydroxyl groups is 1. The van der Waals surface area contributed by atoms with E-state index in [4.69, 9.17) is 0 Å². The molecule has 2 aromatic carbocycles. The normalized spacial score (nSPS) is 12.0. The fourth-order valence-corrected chi connectivity index (χ4v) is 3.10. The van der Waals surface area contributed by atoms with Crippen molar-refractivity contribution >= 4 is 23.4 Å². The number of nitrogens with zero attached hydrogens (tertiary/aromatic N) is 4. The second kappa shape index (κ2) is 9.48. The lowest BCUT2D eigenvalue weighted by molar-refractivity contribution is -0.141. The number of carbonyl (C=O) groups is 1. The molecule has 2 heterocycles. The molecular weight excluding hydrogens is 489 g/mol. The zero-order chi connectivity index (χ0) is 26.0. The summed E-state index contributed by atoms with van der Waals surface area (Å²) < 4.78 is 67.8. The third-order valence-corrected chi connectivity index (χ3v) is 4.73. The molecule has 4 N–H and O–H groups in total. The van der Waals surface area contributed by atoms with Gasteiger partial charge in [0.1, 0.15) is 5.82 Å². The van der Waals surface area contributed by atoms with Crippen molar-refractivity contribution in [1.82, 2.24) is 25.3 Å². The van der Waals surface area contributed by atoms with Gasteiger partial charge in [-0.3, -0.25) is 19.9 Å². The van der Waals surface area contributed by atoms with E-state index in [1.807, 2.05) is 0 Å². The van der Waals surface area contributed by atoms with Gasteiger partial charge in [0.15, 0.2) is 23.1 Å². The molecular formula is C22H16F5N7O2. The number of aromatic nitrogens is 4. The number of phenolic OH excluding ortho intramolecular Hbond substituents is 1. The summed E-state index contributed by atoms with van der Waals surface area (Å²) in [5, 5.41) is 24.1. The van der Waals surface area contributed by atoms with Crippen LogP contribution in [0.2, 0.25) is 0 Å². The molecule has 186 valence electrons. The van der Waals surface area contributed by atoms with Crippen LogP contribution in [0.3, 0.4) is 0 Å². The Kier molecular flexibility index (Phi) is 6.42. The van der Waals surface area contributed by atoms with E-state index in [0.717, 1.165) is 35.1 Å². The van der Waals surface area contributed by atoms with Crippen LogP contribution in [0.4, 0.5) is 33.5 Å². The van der Waals surface area contributed by atoms with E-state index in [9.17, 15) is 31.9 Å². The monoisotopic (exact) mass is 505 g/mol. The molecule has 2 aromatic heterocycles. The molecule has 0 spiro atoms. The average Bonchev–Trinajstić information content (AvgIpc) is 3.44. The lowest BCUT2D eigenvalue weighted by Crippen LogP contribution is -2.36. The number of amides is 1. The molecule has 0 saturated carbocycles. The second-order valence-corrected chi connectivity index (χ2v) is 7.42. The second-order valence-electron chi connectivity index (χ2n) is 7.42. The summed E-state index contributed by atoms with van der Waals surface area (Å²) in [6, 6.07) is 9.86. The van der Waals surface area contributed by atoms with E-state index < -0.39 is 40.7 Å². The van der Waals surface area contributed by atoms with Crippen molar-refractivity contribution in [2.45, 2.75) is 6.18 Å². The molecule has 0 bridgehead atoms. The third kappa shape index (κ3) is 5.48. The summed E-state index contributed by atoms with van der Waals surface area (Å²) in [5.41, 5.74) is -1.26. The van der Waals surface area contributed by atoms with Crippen LogP contribution in [0.25, 0.3) is 11.3 Å². The first kappa shape index (κ1) is 24.4. The maximum Gasteiger partial charge on any atom is 0.435 e. The minimum absolute atomic E-state index is 0.0365. The van der Waals surface area contributed by atoms with Gasteiger partial charge >= 0.3 is 6.18 Å². The van der Waals surface area contributed by atoms with Crippen LogP contribution in [-0.2, 0) is 13.2 Å². The third-order valence-electron chi connectivity index (χ3n) is 4.73. The predicted molar refractivity (Wildman–Crippen MR) is 118 cm³/mol. The number of anilines is 1. The summed E-state index contributed by atoms with van der Waals surface area (Å²) >= 11 is 0. The summed E-state index contributed by atoms with van der Waals surface area (Å²) in [5.74, 6) is -3.48. The number of benzene rings is 2. The minimum Gasteiger partial charge on any atom is -0.505 e. The standard InChI is InChI=1S/C22H16F5N7O2/c1-34-10-14(19(33-34)22(25,26)27)20(36)30-21(28-13-5-3-12(23)4-6-13)29-18-9-16(31-32-18)11-2-7-17(35)15(24)8-11/h2-10,35H,1H3,(H3,28,29,30,31,32,36). The predicted octanol–water partition coefficient (Wildman–Crippen LogP) is 4.34. The molecule has 4 rings (SSSR count). The lowest BCUT2D eigenvalue weighted by atomic mass is 10.1. The van der Waals surface area contributed by atoms with E-state index in [1.165, 1.54) is 31.3 Å². The molecule has 0 atom stereocenters. The number of phenols is 1. The number of alkyl halides is 3. The highest BCUT2D eigenvalue weighted by molar-refractivity contribution is 6.11. The fourth-order valence-electron chi connectivity index (χ4n) is 3.10. The molecule has 4 aromatic rings. The SMILES string of the molecule is Cn1cc(C(=O)NC(=Nc2cc(-c3ccc(O)c(F)c3)[nH]n2)Nc2ccc(F)cc2)c(C(F)(F)F)n1. The number of aliphatic imine (C=N–C) groups is 1. The Balaban J connectivity index is 1.67. The van der Waals surface area contributed by atoms with Crippen molar-refractivity contribution in [3.05, 3.63) is 77.6 Å². The van der Waals surface area contributed by atoms with Crippen LogP contribution in [0.5, 0.6) is 5.75 Å². The van der Waals surface area contributed by atoms with Gasteiger partial charge in [-0.2, -0.15) is 28.4 Å². The average molecular weight is 505 g/mol. The Morgan fingerprint density at radius 1 is 1.11 bits per heavy atom. The van der Waals surface area contributed by atoms with Crippen LogP contribution in [0, 0.1) is 11.6 Å². The molecule has 36 heavy (non-hydrogen) atoms. The van der Waals surface area contributed by atoms with Gasteiger partial charge in [0, 0.05) is 30.6 Å². The van der Waals surface area contributed by atoms with Gasteiger partial charge in [-0.15, -0.1) is 0 Å². The number of hydrogen-bond acceptors (Lipinski definition) is 5. The number of halogens is 5. The van der Waals surface area contributed by atoms with Crippen molar-refractivity contribution < 1.29 is 31.9 Å². The molecule has 0 aliphatic rings. The van der Waals surface area contributed by atoms with Crippen LogP contribution in [0.15, 0.2) is 59.7 Å². The van der Waals surface area contributed by atoms with Gasteiger partial charge in [-0.05, 0) is 42.5 Å². The van der Waals surface area contributed by atoms with Gasteiger partial charge in [-0.1, -0.05) is 0 Å². The van der Waals surface area contributed by atoms with Crippen molar-refractivity contribution in [3.63, 3.8) is 0 Å². The van der Waals surface area contributed by atoms with Crippen LogP contribution < -0.4 is 10.6 Å². The first-order valence-corrected chi connectivity index (χ1v) is 10.1. The zero-order valence-electron chi connectivity index (χ0n) is 18.2. The number of nitrogens with one attached hydrogen (secondary N) is 3. The molecule has 1 amide bonds. The quantitative estimate of drug-likeness (QED) is 0.187. The molecule has 0 fully saturated rings. The molecule has 0 saturated heterocycles. The summed E-state index contributed by atoms with van der Waals surface area (Å²) in [6.45, 7) is 0. The number of carbonyl (C=O) groups excluding carboxylic acids is 1. The van der Waals surface area contributed by atoms with Crippen molar-refractivity contribution in [1.29, 1.82) is 0 Å². The van der Waals surface area contributed by atoms with Gasteiger partial charge in [0.25, 0.3) is 5.91 Å². The molecule has 0 unspecified atom stereocenters. The summed E-state index contributed by atoms with van der Waals surface area (Å²) in [4.78, 5) is 16.8. The van der Waals surface area contributed by atoms with E-state index in [0.29, 0.717) is 11.3 Å². The van der Waals surface area contributed by atoms with Gasteiger partial charge in [0.2, 0.25) is 5.96 Å². The highest BCUT2D eigenvalue weighted by atomic mass is 19.4. The smallest absolute Gasteiger partial charge is 0.435 e. The molecule has 9 nitrogen and oxygen atoms in total. The van der Waals surface area contributed by atoms with E-state index in [2.05, 4.69) is 30.9 Å². The van der Waals surface area contributed by atoms with Gasteiger partial charge in [-0.25, -0.2) is 8.78 Å². The number of aromatic amines is 1. The zero-order valence-corrected chi connectivity index (χ0v) is 18.2. The Morgan fingerprint density at radius 3 is 2.50 bits per heavy atom. The summed E-state index contributed by atoms with van der Waals surface area (Å²) in [6.07, 6.45) is -3.98. The number of hydrogen-bond donors (Lipinski definition) is 4. The Labute approximate surface area is 199 Å². The number of guanidine groups is 1. The van der Waals surface area contributed by atoms with Crippen molar-refractivity contribution in [2.75, 3.05) is 5.32 Å². The fraction of sp³-hybridized carbons (Fsp3) is 0.0909. The van der Waals surface area contributed by atoms with E-state index >= 15 is 0 Å². The highest BCUT2D eigenvalue weighted by Crippen LogP contribution is 2.30. The molecule has 14 heteroatoms. The maximum absolute atomic E-state index is 13.7. The Hall–Kier alpha value is -4.75. The lowest BCUT2D eigenvalue weighted by Gasteiger charge is -2.12. The van der Waals surface area contributed by atoms with Crippen molar-refractivity contribution in [2.24, 2.45) is 12.0 Å². The summed E-state index contributed by atoms with van der Waals surface area (Å²) in [7, 11) is 1.23. The Bertz CT molecular complexity index is 1440. The largest absolute Gasteiger partial charge is 0.505 e. The van der Waals surface area contributed by atoms with E-state index in [1.54, 1.807) is 0 Å². The van der Waals surface area contributed by atoms with Crippen LogP contribution in [-0.4, -0.2) is 37.0 Å². The topological polar surface area (TPSA) is 120 Å². The van der Waals surface area contributed by atoms with Gasteiger partial charge in [0.05, 0.1) is 11.3 Å². The molecule has 0 radical (unpaired) electrons.